The van der Waals surface area contributed by atoms with Crippen LogP contribution in [0.1, 0.15) is 0 Å². The van der Waals surface area contributed by atoms with Crippen molar-refractivity contribution >= 4 is 21.6 Å². The van der Waals surface area contributed by atoms with Crippen LogP contribution in [0.5, 0.6) is 0 Å². The second-order valence-electron chi connectivity index (χ2n) is 2.72. The van der Waals surface area contributed by atoms with Crippen molar-refractivity contribution < 1.29 is 9.84 Å². The van der Waals surface area contributed by atoms with Crippen LogP contribution in [0.15, 0.2) is 35.2 Å². The largest absolute Gasteiger partial charge is 0.394 e. The van der Waals surface area contributed by atoms with E-state index < -0.39 is 0 Å². The maximum atomic E-state index is 8.88. The van der Waals surface area contributed by atoms with E-state index in [0.29, 0.717) is 0 Å². The highest BCUT2D eigenvalue weighted by Gasteiger charge is 2.05. The zero-order valence-electron chi connectivity index (χ0n) is 8.05. The second-order valence-corrected chi connectivity index (χ2v) is 5.14. The molecule has 0 amide bonds. The Bertz CT molecular complexity index is 237. The fraction of sp³-hybridized carbons (Fsp3) is 0.400. The average molecular weight is 230 g/mol. The number of methoxy groups -OCH3 is 1. The van der Waals surface area contributed by atoms with Gasteiger partial charge in [0.15, 0.2) is 0 Å². The van der Waals surface area contributed by atoms with Crippen LogP contribution in [0, 0.1) is 0 Å². The van der Waals surface area contributed by atoms with Crippen LogP contribution in [0.2, 0.25) is 0 Å². The lowest BCUT2D eigenvalue weighted by molar-refractivity contribution is 0.0658. The molecule has 0 fully saturated rings. The summed E-state index contributed by atoms with van der Waals surface area (Å²) in [5.41, 5.74) is 0. The molecule has 0 aliphatic carbocycles. The third-order valence-electron chi connectivity index (χ3n) is 1.69. The summed E-state index contributed by atoms with van der Waals surface area (Å²) >= 11 is 0. The van der Waals surface area contributed by atoms with Crippen LogP contribution in [0.25, 0.3) is 0 Å². The zero-order valence-corrected chi connectivity index (χ0v) is 9.68. The molecule has 0 saturated carbocycles. The Balaban J connectivity index is 2.21. The molecule has 14 heavy (non-hydrogen) atoms. The van der Waals surface area contributed by atoms with Gasteiger partial charge in [0.2, 0.25) is 0 Å². The van der Waals surface area contributed by atoms with Crippen LogP contribution < -0.4 is 0 Å². The summed E-state index contributed by atoms with van der Waals surface area (Å²) in [5, 5.41) is 8.88. The monoisotopic (exact) mass is 230 g/mol. The SMILES string of the molecule is COC(CO)CSSc1ccccc1. The summed E-state index contributed by atoms with van der Waals surface area (Å²) in [6, 6.07) is 10.2. The Morgan fingerprint density at radius 1 is 1.36 bits per heavy atom. The first-order valence-corrected chi connectivity index (χ1v) is 6.67. The molecular weight excluding hydrogens is 216 g/mol. The summed E-state index contributed by atoms with van der Waals surface area (Å²) < 4.78 is 5.05. The minimum absolute atomic E-state index is 0.0591. The average Bonchev–Trinajstić information content (AvgIpc) is 2.26. The number of rotatable bonds is 6. The van der Waals surface area contributed by atoms with Crippen LogP contribution in [0.4, 0.5) is 0 Å². The molecule has 0 aromatic heterocycles. The van der Waals surface area contributed by atoms with Crippen molar-refractivity contribution in [3.05, 3.63) is 30.3 Å². The topological polar surface area (TPSA) is 29.5 Å². The number of ether oxygens (including phenoxy) is 1. The lowest BCUT2D eigenvalue weighted by atomic mass is 10.4. The van der Waals surface area contributed by atoms with Gasteiger partial charge < -0.3 is 9.84 Å². The van der Waals surface area contributed by atoms with Gasteiger partial charge in [-0.25, -0.2) is 0 Å². The summed E-state index contributed by atoms with van der Waals surface area (Å²) in [5.74, 6) is 0.798. The van der Waals surface area contributed by atoms with E-state index in [0.717, 1.165) is 5.75 Å². The summed E-state index contributed by atoms with van der Waals surface area (Å²) in [4.78, 5) is 1.23. The van der Waals surface area contributed by atoms with Crippen molar-refractivity contribution in [1.29, 1.82) is 0 Å². The highest BCUT2D eigenvalue weighted by Crippen LogP contribution is 2.31. The highest BCUT2D eigenvalue weighted by atomic mass is 33.1. The molecule has 0 radical (unpaired) electrons. The minimum Gasteiger partial charge on any atom is -0.394 e. The Morgan fingerprint density at radius 2 is 2.07 bits per heavy atom. The first-order chi connectivity index (χ1) is 6.86. The Labute approximate surface area is 92.4 Å². The number of aliphatic hydroxyl groups excluding tert-OH is 1. The van der Waals surface area contributed by atoms with E-state index in [4.69, 9.17) is 9.84 Å². The van der Waals surface area contributed by atoms with Crippen LogP contribution in [-0.2, 0) is 4.74 Å². The minimum atomic E-state index is -0.0591. The van der Waals surface area contributed by atoms with E-state index in [-0.39, 0.29) is 12.7 Å². The molecule has 1 rings (SSSR count). The molecule has 0 aliphatic heterocycles. The maximum absolute atomic E-state index is 8.88. The molecule has 0 aliphatic rings. The third-order valence-corrected chi connectivity index (χ3v) is 4.12. The number of aliphatic hydroxyl groups is 1. The van der Waals surface area contributed by atoms with E-state index in [1.165, 1.54) is 4.90 Å². The van der Waals surface area contributed by atoms with E-state index in [2.05, 4.69) is 12.1 Å². The molecule has 1 aromatic rings. The number of hydrogen-bond acceptors (Lipinski definition) is 4. The first kappa shape index (κ1) is 11.9. The number of benzene rings is 1. The third kappa shape index (κ3) is 4.37. The Kier molecular flexibility index (Phi) is 6.10. The lowest BCUT2D eigenvalue weighted by Gasteiger charge is -2.10. The molecule has 4 heteroatoms. The van der Waals surface area contributed by atoms with Crippen molar-refractivity contribution in [2.75, 3.05) is 19.5 Å². The van der Waals surface area contributed by atoms with Crippen molar-refractivity contribution in [2.45, 2.75) is 11.0 Å². The molecule has 1 atom stereocenters. The van der Waals surface area contributed by atoms with E-state index >= 15 is 0 Å². The quantitative estimate of drug-likeness (QED) is 0.760. The molecule has 1 aromatic carbocycles. The van der Waals surface area contributed by atoms with E-state index in [1.54, 1.807) is 28.7 Å². The van der Waals surface area contributed by atoms with Gasteiger partial charge in [-0.1, -0.05) is 39.8 Å². The molecular formula is C10H14O2S2. The standard InChI is InChI=1S/C10H14O2S2/c1-12-9(7-11)8-13-14-10-5-3-2-4-6-10/h2-6,9,11H,7-8H2,1H3. The van der Waals surface area contributed by atoms with Gasteiger partial charge in [0.25, 0.3) is 0 Å². The van der Waals surface area contributed by atoms with Gasteiger partial charge >= 0.3 is 0 Å². The molecule has 1 unspecified atom stereocenters. The Hall–Kier alpha value is -0.160. The van der Waals surface area contributed by atoms with Crippen LogP contribution >= 0.6 is 21.6 Å². The maximum Gasteiger partial charge on any atom is 0.0900 e. The molecule has 2 nitrogen and oxygen atoms in total. The first-order valence-electron chi connectivity index (χ1n) is 4.35. The van der Waals surface area contributed by atoms with E-state index in [1.807, 2.05) is 18.2 Å². The molecule has 0 spiro atoms. The molecule has 0 bridgehead atoms. The van der Waals surface area contributed by atoms with Gasteiger partial charge in [-0.15, -0.1) is 0 Å². The van der Waals surface area contributed by atoms with Crippen LogP contribution in [-0.4, -0.2) is 30.7 Å². The van der Waals surface area contributed by atoms with Gasteiger partial charge in [-0.05, 0) is 12.1 Å². The predicted octanol–water partition coefficient (Wildman–Crippen LogP) is 2.43. The van der Waals surface area contributed by atoms with Crippen molar-refractivity contribution in [2.24, 2.45) is 0 Å². The van der Waals surface area contributed by atoms with Gasteiger partial charge in [-0.2, -0.15) is 0 Å². The van der Waals surface area contributed by atoms with E-state index in [9.17, 15) is 0 Å². The van der Waals surface area contributed by atoms with Crippen molar-refractivity contribution in [1.82, 2.24) is 0 Å². The fourth-order valence-corrected chi connectivity index (χ4v) is 3.12. The molecule has 0 heterocycles. The number of hydrogen-bond donors (Lipinski definition) is 1. The van der Waals surface area contributed by atoms with Crippen LogP contribution in [0.3, 0.4) is 0 Å². The van der Waals surface area contributed by atoms with Gasteiger partial charge in [0, 0.05) is 17.8 Å². The normalized spacial score (nSPS) is 12.7. The van der Waals surface area contributed by atoms with Gasteiger partial charge in [-0.3, -0.25) is 0 Å². The Morgan fingerprint density at radius 3 is 2.64 bits per heavy atom. The summed E-state index contributed by atoms with van der Waals surface area (Å²) in [6.45, 7) is 0.0822. The molecule has 1 N–H and O–H groups in total. The predicted molar refractivity (Wildman–Crippen MR) is 62.6 cm³/mol. The zero-order chi connectivity index (χ0) is 10.2. The smallest absolute Gasteiger partial charge is 0.0900 e. The van der Waals surface area contributed by atoms with Gasteiger partial charge in [0.05, 0.1) is 12.7 Å². The summed E-state index contributed by atoms with van der Waals surface area (Å²) in [7, 11) is 5.02. The van der Waals surface area contributed by atoms with Crippen molar-refractivity contribution in [3.8, 4) is 0 Å². The van der Waals surface area contributed by atoms with Gasteiger partial charge in [0.1, 0.15) is 0 Å². The molecule has 0 saturated heterocycles. The highest BCUT2D eigenvalue weighted by molar-refractivity contribution is 8.76. The second kappa shape index (κ2) is 7.17. The molecule has 78 valence electrons. The lowest BCUT2D eigenvalue weighted by Crippen LogP contribution is -2.17. The van der Waals surface area contributed by atoms with Crippen molar-refractivity contribution in [3.63, 3.8) is 0 Å². The summed E-state index contributed by atoms with van der Waals surface area (Å²) in [6.07, 6.45) is -0.0591. The fourth-order valence-electron chi connectivity index (χ4n) is 0.849.